The average molecular weight is 579 g/mol. The zero-order valence-electron chi connectivity index (χ0n) is 21.3. The van der Waals surface area contributed by atoms with Gasteiger partial charge in [-0.25, -0.2) is 13.6 Å². The SMILES string of the molecule is COc1ccnc(C(=O)NCC(=O)OC(C)Cc2ccccc2)c1OC(C)=O.O=S(O)(=S)c1ccc(F)cc1. The first-order valence-electron chi connectivity index (χ1n) is 11.4. The molecule has 1 heterocycles. The van der Waals surface area contributed by atoms with Crippen molar-refractivity contribution in [3.05, 3.63) is 83.9 Å². The van der Waals surface area contributed by atoms with Gasteiger partial charge in [-0.3, -0.25) is 14.4 Å². The van der Waals surface area contributed by atoms with Crippen molar-refractivity contribution in [2.45, 2.75) is 31.3 Å². The van der Waals surface area contributed by atoms with E-state index < -0.39 is 32.4 Å². The van der Waals surface area contributed by atoms with E-state index in [9.17, 15) is 23.0 Å². The van der Waals surface area contributed by atoms with Gasteiger partial charge in [-0.1, -0.05) is 30.3 Å². The molecular formula is C26H27FN2O8S2. The van der Waals surface area contributed by atoms with Gasteiger partial charge in [-0.05, 0) is 36.8 Å². The number of ether oxygens (including phenoxy) is 3. The van der Waals surface area contributed by atoms with Gasteiger partial charge in [0.2, 0.25) is 5.75 Å². The summed E-state index contributed by atoms with van der Waals surface area (Å²) in [6.45, 7) is 2.62. The first-order valence-corrected chi connectivity index (χ1v) is 13.8. The second kappa shape index (κ2) is 14.9. The monoisotopic (exact) mass is 578 g/mol. The van der Waals surface area contributed by atoms with Crippen LogP contribution in [0.25, 0.3) is 0 Å². The maximum absolute atomic E-state index is 12.4. The van der Waals surface area contributed by atoms with Crippen LogP contribution in [0.3, 0.4) is 0 Å². The van der Waals surface area contributed by atoms with Crippen LogP contribution in [0, 0.1) is 5.82 Å². The van der Waals surface area contributed by atoms with Crippen molar-refractivity contribution < 1.29 is 41.7 Å². The van der Waals surface area contributed by atoms with Crippen molar-refractivity contribution in [2.75, 3.05) is 13.7 Å². The third-order valence-electron chi connectivity index (χ3n) is 4.75. The van der Waals surface area contributed by atoms with Gasteiger partial charge >= 0.3 is 11.9 Å². The molecule has 0 radical (unpaired) electrons. The Bertz CT molecular complexity index is 1380. The van der Waals surface area contributed by atoms with Crippen LogP contribution in [-0.2, 0) is 40.7 Å². The van der Waals surface area contributed by atoms with Crippen LogP contribution in [0.1, 0.15) is 29.9 Å². The van der Waals surface area contributed by atoms with E-state index in [1.54, 1.807) is 6.92 Å². The van der Waals surface area contributed by atoms with Gasteiger partial charge in [0.05, 0.1) is 12.0 Å². The van der Waals surface area contributed by atoms with Gasteiger partial charge in [0, 0.05) is 36.8 Å². The average Bonchev–Trinajstić information content (AvgIpc) is 2.87. The number of carbonyl (C=O) groups is 3. The molecule has 0 bridgehead atoms. The van der Waals surface area contributed by atoms with Crippen LogP contribution in [0.15, 0.2) is 71.8 Å². The molecule has 1 aromatic heterocycles. The zero-order valence-corrected chi connectivity index (χ0v) is 22.9. The highest BCUT2D eigenvalue weighted by Crippen LogP contribution is 2.29. The molecule has 1 amide bonds. The number of pyridine rings is 1. The van der Waals surface area contributed by atoms with E-state index in [0.29, 0.717) is 6.42 Å². The van der Waals surface area contributed by atoms with Gasteiger partial charge in [-0.15, -0.1) is 0 Å². The molecule has 0 aliphatic carbocycles. The van der Waals surface area contributed by atoms with Crippen molar-refractivity contribution >= 4 is 37.8 Å². The Hall–Kier alpha value is -3.94. The van der Waals surface area contributed by atoms with Crippen LogP contribution in [-0.4, -0.2) is 51.3 Å². The number of rotatable bonds is 9. The van der Waals surface area contributed by atoms with Gasteiger partial charge in [0.1, 0.15) is 18.5 Å². The molecule has 3 aromatic rings. The number of hydrogen-bond donors (Lipinski definition) is 2. The molecule has 208 valence electrons. The fourth-order valence-electron chi connectivity index (χ4n) is 3.09. The van der Waals surface area contributed by atoms with Crippen molar-refractivity contribution in [3.63, 3.8) is 0 Å². The lowest BCUT2D eigenvalue weighted by atomic mass is 10.1. The smallest absolute Gasteiger partial charge is 0.325 e. The first kappa shape index (κ1) is 31.3. The number of halogens is 1. The summed E-state index contributed by atoms with van der Waals surface area (Å²) in [6.07, 6.45) is 1.55. The molecule has 10 nitrogen and oxygen atoms in total. The van der Waals surface area contributed by atoms with Gasteiger partial charge < -0.3 is 24.1 Å². The van der Waals surface area contributed by atoms with Crippen molar-refractivity contribution in [1.29, 1.82) is 0 Å². The Kier molecular flexibility index (Phi) is 11.9. The number of nitrogens with zero attached hydrogens (tertiary/aromatic N) is 1. The molecule has 0 aliphatic heterocycles. The fraction of sp³-hybridized carbons (Fsp3) is 0.231. The largest absolute Gasteiger partial charge is 0.493 e. The summed E-state index contributed by atoms with van der Waals surface area (Å²) in [6, 6.07) is 15.7. The number of methoxy groups -OCH3 is 1. The summed E-state index contributed by atoms with van der Waals surface area (Å²) < 4.78 is 47.2. The lowest BCUT2D eigenvalue weighted by Crippen LogP contribution is -2.33. The zero-order chi connectivity index (χ0) is 29.0. The lowest BCUT2D eigenvalue weighted by Gasteiger charge is -2.14. The van der Waals surface area contributed by atoms with Crippen LogP contribution >= 0.6 is 0 Å². The highest BCUT2D eigenvalue weighted by molar-refractivity contribution is 8.29. The van der Waals surface area contributed by atoms with E-state index in [2.05, 4.69) is 21.5 Å². The van der Waals surface area contributed by atoms with E-state index in [1.165, 1.54) is 38.4 Å². The number of benzene rings is 2. The molecule has 0 spiro atoms. The van der Waals surface area contributed by atoms with E-state index in [0.717, 1.165) is 17.7 Å². The van der Waals surface area contributed by atoms with Crippen LogP contribution in [0.5, 0.6) is 11.5 Å². The highest BCUT2D eigenvalue weighted by atomic mass is 32.8. The number of nitrogens with one attached hydrogen (secondary N) is 1. The number of hydrogen-bond acceptors (Lipinski definition) is 9. The quantitative estimate of drug-likeness (QED) is 0.363. The molecule has 0 fully saturated rings. The molecule has 39 heavy (non-hydrogen) atoms. The standard InChI is InChI=1S/C20H22N2O6.C6H5FO2S2/c1-13(11-15-7-5-4-6-8-15)27-17(24)12-22-20(25)18-19(28-14(2)23)16(26-3)9-10-21-18;7-5-1-3-6(4-2-5)11(8,9)10/h4-10,13H,11-12H2,1-3H3,(H,22,25);1-4H,(H,8,9,10). The molecule has 13 heteroatoms. The molecule has 0 saturated carbocycles. The maximum Gasteiger partial charge on any atom is 0.325 e. The number of aromatic nitrogens is 1. The summed E-state index contributed by atoms with van der Waals surface area (Å²) in [5.41, 5.74) is 0.873. The molecule has 2 N–H and O–H groups in total. The summed E-state index contributed by atoms with van der Waals surface area (Å²) in [5.74, 6) is -2.30. The van der Waals surface area contributed by atoms with Gasteiger partial charge in [0.25, 0.3) is 5.91 Å². The third-order valence-corrected chi connectivity index (χ3v) is 6.20. The number of esters is 2. The van der Waals surface area contributed by atoms with E-state index in [1.807, 2.05) is 30.3 Å². The second-order valence-electron chi connectivity index (χ2n) is 7.89. The molecule has 3 rings (SSSR count). The Morgan fingerprint density at radius 3 is 2.31 bits per heavy atom. The Balaban J connectivity index is 0.000000404. The predicted molar refractivity (Wildman–Crippen MR) is 143 cm³/mol. The Morgan fingerprint density at radius 2 is 1.74 bits per heavy atom. The van der Waals surface area contributed by atoms with Crippen molar-refractivity contribution in [2.24, 2.45) is 0 Å². The highest BCUT2D eigenvalue weighted by Gasteiger charge is 2.21. The third kappa shape index (κ3) is 10.8. The number of amides is 1. The molecule has 2 aromatic carbocycles. The summed E-state index contributed by atoms with van der Waals surface area (Å²) in [7, 11) is -1.98. The summed E-state index contributed by atoms with van der Waals surface area (Å²) in [5, 5.41) is 2.41. The molecular weight excluding hydrogens is 551 g/mol. The molecule has 0 aliphatic rings. The second-order valence-corrected chi connectivity index (χ2v) is 10.7. The topological polar surface area (TPSA) is 141 Å². The van der Waals surface area contributed by atoms with E-state index in [4.69, 9.17) is 18.8 Å². The minimum atomic E-state index is -3.35. The summed E-state index contributed by atoms with van der Waals surface area (Å²) in [4.78, 5) is 39.6. The van der Waals surface area contributed by atoms with Crippen LogP contribution in [0.4, 0.5) is 4.39 Å². The van der Waals surface area contributed by atoms with Crippen LogP contribution < -0.4 is 14.8 Å². The molecule has 2 unspecified atom stereocenters. The molecule has 0 saturated heterocycles. The Labute approximate surface area is 230 Å². The summed E-state index contributed by atoms with van der Waals surface area (Å²) >= 11 is 4.26. The lowest BCUT2D eigenvalue weighted by molar-refractivity contribution is -0.146. The minimum absolute atomic E-state index is 0.0638. The van der Waals surface area contributed by atoms with Gasteiger partial charge in [0.15, 0.2) is 20.2 Å². The first-order chi connectivity index (χ1) is 18.4. The van der Waals surface area contributed by atoms with E-state index in [-0.39, 0.29) is 34.7 Å². The predicted octanol–water partition coefficient (Wildman–Crippen LogP) is 3.32. The van der Waals surface area contributed by atoms with Gasteiger partial charge in [-0.2, -0.15) is 0 Å². The maximum atomic E-state index is 12.4. The number of carbonyl (C=O) groups excluding carboxylic acids is 3. The molecule has 2 atom stereocenters. The van der Waals surface area contributed by atoms with Crippen molar-refractivity contribution in [1.82, 2.24) is 10.3 Å². The normalized spacial score (nSPS) is 12.5. The van der Waals surface area contributed by atoms with E-state index >= 15 is 0 Å². The minimum Gasteiger partial charge on any atom is -0.493 e. The fourth-order valence-corrected chi connectivity index (χ4v) is 3.91. The van der Waals surface area contributed by atoms with Crippen molar-refractivity contribution in [3.8, 4) is 11.5 Å². The van der Waals surface area contributed by atoms with Crippen LogP contribution in [0.2, 0.25) is 0 Å². The Morgan fingerprint density at radius 1 is 1.10 bits per heavy atom.